The van der Waals surface area contributed by atoms with E-state index < -0.39 is 0 Å². The van der Waals surface area contributed by atoms with Gasteiger partial charge in [0.2, 0.25) is 0 Å². The number of hydrogen-bond donors (Lipinski definition) is 1. The van der Waals surface area contributed by atoms with Crippen LogP contribution in [0.4, 0.5) is 0 Å². The van der Waals surface area contributed by atoms with Gasteiger partial charge in [0.15, 0.2) is 0 Å². The van der Waals surface area contributed by atoms with E-state index in [1.54, 1.807) is 0 Å². The monoisotopic (exact) mass is 255 g/mol. The van der Waals surface area contributed by atoms with Crippen LogP contribution >= 0.6 is 0 Å². The Hall–Kier alpha value is -0.0800. The lowest BCUT2D eigenvalue weighted by atomic mass is 9.84. The Balaban J connectivity index is 2.32. The summed E-state index contributed by atoms with van der Waals surface area (Å²) in [4.78, 5) is 0. The highest BCUT2D eigenvalue weighted by atomic mass is 16.5. The molecule has 0 aromatic rings. The summed E-state index contributed by atoms with van der Waals surface area (Å²) in [5.74, 6) is 1.57. The Morgan fingerprint density at radius 2 is 1.78 bits per heavy atom. The van der Waals surface area contributed by atoms with Crippen molar-refractivity contribution in [1.29, 1.82) is 0 Å². The highest BCUT2D eigenvalue weighted by molar-refractivity contribution is 4.79. The smallest absolute Gasteiger partial charge is 0.0625 e. The lowest BCUT2D eigenvalue weighted by molar-refractivity contribution is 0.0229. The van der Waals surface area contributed by atoms with Gasteiger partial charge in [-0.15, -0.1) is 0 Å². The Morgan fingerprint density at radius 3 is 2.33 bits per heavy atom. The summed E-state index contributed by atoms with van der Waals surface area (Å²) in [6, 6.07) is 0.574. The standard InChI is InChI=1S/C16H33NO/c1-5-17-16(15-9-7-6-8-10-15)12-18-14(4)11-13(2)3/h13-17H,5-12H2,1-4H3. The molecular weight excluding hydrogens is 222 g/mol. The molecule has 18 heavy (non-hydrogen) atoms. The predicted octanol–water partition coefficient (Wildman–Crippen LogP) is 4.00. The first kappa shape index (κ1) is 16.0. The van der Waals surface area contributed by atoms with Gasteiger partial charge in [0.1, 0.15) is 0 Å². The van der Waals surface area contributed by atoms with E-state index in [9.17, 15) is 0 Å². The summed E-state index contributed by atoms with van der Waals surface area (Å²) in [7, 11) is 0. The van der Waals surface area contributed by atoms with Crippen molar-refractivity contribution >= 4 is 0 Å². The highest BCUT2D eigenvalue weighted by Crippen LogP contribution is 2.27. The van der Waals surface area contributed by atoms with Gasteiger partial charge in [-0.3, -0.25) is 0 Å². The molecule has 0 radical (unpaired) electrons. The van der Waals surface area contributed by atoms with Crippen LogP contribution in [0.25, 0.3) is 0 Å². The average Bonchev–Trinajstić information content (AvgIpc) is 2.34. The topological polar surface area (TPSA) is 21.3 Å². The van der Waals surface area contributed by atoms with Crippen LogP contribution in [-0.4, -0.2) is 25.3 Å². The van der Waals surface area contributed by atoms with Crippen molar-refractivity contribution < 1.29 is 4.74 Å². The van der Waals surface area contributed by atoms with Crippen LogP contribution in [0.1, 0.15) is 66.2 Å². The van der Waals surface area contributed by atoms with Crippen LogP contribution in [0.15, 0.2) is 0 Å². The Kier molecular flexibility index (Phi) is 7.92. The zero-order valence-electron chi connectivity index (χ0n) is 12.9. The van der Waals surface area contributed by atoms with E-state index in [1.165, 1.54) is 38.5 Å². The van der Waals surface area contributed by atoms with Crippen LogP contribution in [0, 0.1) is 11.8 Å². The number of hydrogen-bond acceptors (Lipinski definition) is 2. The van der Waals surface area contributed by atoms with E-state index >= 15 is 0 Å². The molecule has 0 heterocycles. The lowest BCUT2D eigenvalue weighted by Gasteiger charge is -2.31. The Bertz CT molecular complexity index is 199. The van der Waals surface area contributed by atoms with Crippen LogP contribution in [0.3, 0.4) is 0 Å². The van der Waals surface area contributed by atoms with Crippen molar-refractivity contribution in [2.45, 2.75) is 78.4 Å². The van der Waals surface area contributed by atoms with Gasteiger partial charge in [0.25, 0.3) is 0 Å². The maximum atomic E-state index is 6.06. The molecule has 2 nitrogen and oxygen atoms in total. The summed E-state index contributed by atoms with van der Waals surface area (Å²) in [6.07, 6.45) is 8.60. The van der Waals surface area contributed by atoms with Gasteiger partial charge in [-0.2, -0.15) is 0 Å². The van der Waals surface area contributed by atoms with Gasteiger partial charge in [-0.05, 0) is 44.6 Å². The van der Waals surface area contributed by atoms with E-state index in [0.717, 1.165) is 25.0 Å². The summed E-state index contributed by atoms with van der Waals surface area (Å²) < 4.78 is 6.06. The van der Waals surface area contributed by atoms with Crippen molar-refractivity contribution in [3.8, 4) is 0 Å². The van der Waals surface area contributed by atoms with E-state index in [1.807, 2.05) is 0 Å². The molecule has 1 fully saturated rings. The second kappa shape index (κ2) is 8.92. The van der Waals surface area contributed by atoms with Crippen molar-refractivity contribution in [3.05, 3.63) is 0 Å². The number of rotatable bonds is 8. The number of ether oxygens (including phenoxy) is 1. The minimum absolute atomic E-state index is 0.398. The van der Waals surface area contributed by atoms with Crippen molar-refractivity contribution in [3.63, 3.8) is 0 Å². The fourth-order valence-corrected chi connectivity index (χ4v) is 3.16. The maximum Gasteiger partial charge on any atom is 0.0625 e. The van der Waals surface area contributed by atoms with Gasteiger partial charge < -0.3 is 10.1 Å². The van der Waals surface area contributed by atoms with Crippen LogP contribution in [-0.2, 0) is 4.74 Å². The zero-order valence-corrected chi connectivity index (χ0v) is 12.9. The summed E-state index contributed by atoms with van der Waals surface area (Å²) in [5, 5.41) is 3.64. The van der Waals surface area contributed by atoms with Crippen LogP contribution in [0.2, 0.25) is 0 Å². The van der Waals surface area contributed by atoms with Crippen LogP contribution < -0.4 is 5.32 Å². The van der Waals surface area contributed by atoms with E-state index in [4.69, 9.17) is 4.74 Å². The zero-order chi connectivity index (χ0) is 13.4. The molecule has 0 spiro atoms. The molecule has 1 aliphatic carbocycles. The third-order valence-corrected chi connectivity index (χ3v) is 4.05. The molecule has 0 aromatic carbocycles. The number of likely N-dealkylation sites (N-methyl/N-ethyl adjacent to an activating group) is 1. The molecule has 0 amide bonds. The van der Waals surface area contributed by atoms with Gasteiger partial charge in [0.05, 0.1) is 12.7 Å². The van der Waals surface area contributed by atoms with E-state index in [-0.39, 0.29) is 0 Å². The Labute approximate surface area is 114 Å². The molecule has 2 atom stereocenters. The lowest BCUT2D eigenvalue weighted by Crippen LogP contribution is -2.41. The quantitative estimate of drug-likeness (QED) is 0.708. The van der Waals surface area contributed by atoms with E-state index in [0.29, 0.717) is 12.1 Å². The van der Waals surface area contributed by atoms with Gasteiger partial charge in [0, 0.05) is 6.04 Å². The fourth-order valence-electron chi connectivity index (χ4n) is 3.16. The SMILES string of the molecule is CCNC(COC(C)CC(C)C)C1CCCCC1. The van der Waals surface area contributed by atoms with Gasteiger partial charge in [-0.25, -0.2) is 0 Å². The molecule has 0 aromatic heterocycles. The van der Waals surface area contributed by atoms with Gasteiger partial charge >= 0.3 is 0 Å². The first-order valence-electron chi connectivity index (χ1n) is 7.98. The molecule has 2 unspecified atom stereocenters. The normalized spacial score (nSPS) is 21.2. The van der Waals surface area contributed by atoms with Crippen molar-refractivity contribution in [2.75, 3.05) is 13.2 Å². The second-order valence-corrected chi connectivity index (χ2v) is 6.34. The van der Waals surface area contributed by atoms with Crippen molar-refractivity contribution in [1.82, 2.24) is 5.32 Å². The molecule has 1 saturated carbocycles. The molecule has 2 heteroatoms. The largest absolute Gasteiger partial charge is 0.377 e. The van der Waals surface area contributed by atoms with E-state index in [2.05, 4.69) is 33.0 Å². The molecule has 0 aliphatic heterocycles. The first-order chi connectivity index (χ1) is 8.63. The maximum absolute atomic E-state index is 6.06. The second-order valence-electron chi connectivity index (χ2n) is 6.34. The van der Waals surface area contributed by atoms with Crippen molar-refractivity contribution in [2.24, 2.45) is 11.8 Å². The first-order valence-corrected chi connectivity index (χ1v) is 7.98. The summed E-state index contributed by atoms with van der Waals surface area (Å²) >= 11 is 0. The molecule has 108 valence electrons. The summed E-state index contributed by atoms with van der Waals surface area (Å²) in [5.41, 5.74) is 0. The Morgan fingerprint density at radius 1 is 1.11 bits per heavy atom. The minimum Gasteiger partial charge on any atom is -0.377 e. The molecule has 1 N–H and O–H groups in total. The van der Waals surface area contributed by atoms with Crippen LogP contribution in [0.5, 0.6) is 0 Å². The highest BCUT2D eigenvalue weighted by Gasteiger charge is 2.23. The van der Waals surface area contributed by atoms with Gasteiger partial charge in [-0.1, -0.05) is 40.0 Å². The third kappa shape index (κ3) is 6.19. The average molecular weight is 255 g/mol. The summed E-state index contributed by atoms with van der Waals surface area (Å²) in [6.45, 7) is 10.9. The molecular formula is C16H33NO. The molecule has 1 aliphatic rings. The third-order valence-electron chi connectivity index (χ3n) is 4.05. The molecule has 0 saturated heterocycles. The number of nitrogens with one attached hydrogen (secondary N) is 1. The predicted molar refractivity (Wildman–Crippen MR) is 78.9 cm³/mol. The fraction of sp³-hybridized carbons (Fsp3) is 1.00. The minimum atomic E-state index is 0.398. The molecule has 0 bridgehead atoms. The molecule has 1 rings (SSSR count).